The van der Waals surface area contributed by atoms with E-state index in [1.54, 1.807) is 11.8 Å². The van der Waals surface area contributed by atoms with E-state index < -0.39 is 0 Å². The van der Waals surface area contributed by atoms with Gasteiger partial charge in [-0.15, -0.1) is 0 Å². The first kappa shape index (κ1) is 14.1. The third-order valence-corrected chi connectivity index (χ3v) is 4.65. The maximum Gasteiger partial charge on any atom is 0.0277 e. The lowest BCUT2D eigenvalue weighted by atomic mass is 10.1. The molecule has 18 heavy (non-hydrogen) atoms. The molecule has 0 saturated heterocycles. The van der Waals surface area contributed by atoms with Gasteiger partial charge in [-0.3, -0.25) is 0 Å². The van der Waals surface area contributed by atoms with Crippen molar-refractivity contribution in [3.63, 3.8) is 0 Å². The fraction of sp³-hybridized carbons (Fsp3) is 0.143. The van der Waals surface area contributed by atoms with Crippen molar-refractivity contribution in [3.05, 3.63) is 57.0 Å². The summed E-state index contributed by atoms with van der Waals surface area (Å²) in [6, 6.07) is 14.6. The molecule has 2 N–H and O–H groups in total. The molecule has 1 atom stereocenters. The Balaban J connectivity index is 2.23. The minimum absolute atomic E-state index is 0.0456. The van der Waals surface area contributed by atoms with E-state index in [-0.39, 0.29) is 6.04 Å². The van der Waals surface area contributed by atoms with Gasteiger partial charge in [-0.2, -0.15) is 0 Å². The lowest BCUT2D eigenvalue weighted by Gasteiger charge is -2.10. The summed E-state index contributed by atoms with van der Waals surface area (Å²) in [4.78, 5) is 2.41. The molecule has 0 spiro atoms. The minimum atomic E-state index is 0.0456. The average molecular weight is 387 g/mol. The third-order valence-electron chi connectivity index (χ3n) is 2.49. The highest BCUT2D eigenvalue weighted by Gasteiger charge is 2.06. The summed E-state index contributed by atoms with van der Waals surface area (Å²) >= 11 is 8.79. The van der Waals surface area contributed by atoms with Crippen LogP contribution in [0.25, 0.3) is 0 Å². The molecule has 0 unspecified atom stereocenters. The summed E-state index contributed by atoms with van der Waals surface area (Å²) < 4.78 is 2.16. The average Bonchev–Trinajstić information content (AvgIpc) is 2.28. The molecule has 0 aromatic heterocycles. The van der Waals surface area contributed by atoms with Gasteiger partial charge < -0.3 is 5.73 Å². The van der Waals surface area contributed by atoms with Gasteiger partial charge in [0.1, 0.15) is 0 Å². The second-order valence-electron chi connectivity index (χ2n) is 4.03. The van der Waals surface area contributed by atoms with E-state index in [1.165, 1.54) is 9.79 Å². The van der Waals surface area contributed by atoms with Crippen LogP contribution in [0.2, 0.25) is 0 Å². The number of hydrogen-bond acceptors (Lipinski definition) is 2. The Morgan fingerprint density at radius 3 is 2.39 bits per heavy atom. The molecular formula is C14H13Br2NS. The molecule has 2 aromatic rings. The van der Waals surface area contributed by atoms with E-state index in [1.807, 2.05) is 19.1 Å². The highest BCUT2D eigenvalue weighted by Crippen LogP contribution is 2.33. The standard InChI is InChI=1S/C14H13Br2NS/c1-9(17)13-6-5-12(8-14(13)16)18-11-4-2-3-10(15)7-11/h2-9H,17H2,1H3/t9-/m0/s1. The third kappa shape index (κ3) is 3.60. The first-order valence-corrected chi connectivity index (χ1v) is 7.95. The van der Waals surface area contributed by atoms with E-state index in [9.17, 15) is 0 Å². The van der Waals surface area contributed by atoms with Crippen molar-refractivity contribution in [2.24, 2.45) is 5.73 Å². The fourth-order valence-electron chi connectivity index (χ4n) is 1.61. The number of hydrogen-bond donors (Lipinski definition) is 1. The second-order valence-corrected chi connectivity index (χ2v) is 6.95. The number of nitrogens with two attached hydrogens (primary N) is 1. The first-order chi connectivity index (χ1) is 8.56. The maximum atomic E-state index is 5.89. The number of rotatable bonds is 3. The van der Waals surface area contributed by atoms with Crippen LogP contribution in [0.4, 0.5) is 0 Å². The van der Waals surface area contributed by atoms with Crippen molar-refractivity contribution in [1.82, 2.24) is 0 Å². The molecule has 2 aromatic carbocycles. The van der Waals surface area contributed by atoms with Crippen molar-refractivity contribution >= 4 is 43.6 Å². The summed E-state index contributed by atoms with van der Waals surface area (Å²) in [5, 5.41) is 0. The van der Waals surface area contributed by atoms with Gasteiger partial charge >= 0.3 is 0 Å². The van der Waals surface area contributed by atoms with E-state index >= 15 is 0 Å². The van der Waals surface area contributed by atoms with Crippen LogP contribution < -0.4 is 5.73 Å². The lowest BCUT2D eigenvalue weighted by Crippen LogP contribution is -2.05. The Hall–Kier alpha value is -0.290. The summed E-state index contributed by atoms with van der Waals surface area (Å²) in [7, 11) is 0. The Morgan fingerprint density at radius 2 is 1.78 bits per heavy atom. The molecule has 2 rings (SSSR count). The van der Waals surface area contributed by atoms with Gasteiger partial charge in [0.05, 0.1) is 0 Å². The van der Waals surface area contributed by atoms with Crippen molar-refractivity contribution in [3.8, 4) is 0 Å². The molecule has 0 fully saturated rings. The smallest absolute Gasteiger partial charge is 0.0277 e. The number of halogens is 2. The first-order valence-electron chi connectivity index (χ1n) is 5.54. The largest absolute Gasteiger partial charge is 0.324 e. The SMILES string of the molecule is C[C@H](N)c1ccc(Sc2cccc(Br)c2)cc1Br. The van der Waals surface area contributed by atoms with Crippen molar-refractivity contribution in [1.29, 1.82) is 0 Å². The molecular weight excluding hydrogens is 374 g/mol. The van der Waals surface area contributed by atoms with Crippen molar-refractivity contribution < 1.29 is 0 Å². The Labute approximate surface area is 128 Å². The molecule has 0 saturated carbocycles. The molecule has 0 aliphatic heterocycles. The van der Waals surface area contributed by atoms with Gasteiger partial charge in [-0.1, -0.05) is 55.8 Å². The monoisotopic (exact) mass is 385 g/mol. The molecule has 1 nitrogen and oxygen atoms in total. The summed E-state index contributed by atoms with van der Waals surface area (Å²) in [6.45, 7) is 1.99. The van der Waals surface area contributed by atoms with Crippen LogP contribution >= 0.6 is 43.6 Å². The molecule has 94 valence electrons. The molecule has 0 bridgehead atoms. The van der Waals surface area contributed by atoms with Gasteiger partial charge in [-0.25, -0.2) is 0 Å². The minimum Gasteiger partial charge on any atom is -0.324 e. The van der Waals surface area contributed by atoms with Crippen molar-refractivity contribution in [2.75, 3.05) is 0 Å². The number of benzene rings is 2. The topological polar surface area (TPSA) is 26.0 Å². The normalized spacial score (nSPS) is 12.4. The molecule has 0 aliphatic rings. The van der Waals surface area contributed by atoms with E-state index in [0.29, 0.717) is 0 Å². The molecule has 0 radical (unpaired) electrons. The fourth-order valence-corrected chi connectivity index (χ4v) is 3.97. The van der Waals surface area contributed by atoms with Gasteiger partial charge in [0, 0.05) is 24.8 Å². The van der Waals surface area contributed by atoms with E-state index in [2.05, 4.69) is 62.2 Å². The van der Waals surface area contributed by atoms with E-state index in [0.717, 1.165) is 14.5 Å². The lowest BCUT2D eigenvalue weighted by molar-refractivity contribution is 0.811. The highest BCUT2D eigenvalue weighted by atomic mass is 79.9. The predicted octanol–water partition coefficient (Wildman–Crippen LogP) is 5.38. The predicted molar refractivity (Wildman–Crippen MR) is 85.0 cm³/mol. The summed E-state index contributed by atoms with van der Waals surface area (Å²) in [5.74, 6) is 0. The van der Waals surface area contributed by atoms with Crippen LogP contribution in [-0.4, -0.2) is 0 Å². The quantitative estimate of drug-likeness (QED) is 0.765. The van der Waals surface area contributed by atoms with Crippen LogP contribution in [-0.2, 0) is 0 Å². The van der Waals surface area contributed by atoms with Crippen LogP contribution in [0.3, 0.4) is 0 Å². The zero-order valence-electron chi connectivity index (χ0n) is 9.86. The van der Waals surface area contributed by atoms with Crippen LogP contribution in [0.15, 0.2) is 61.2 Å². The Morgan fingerprint density at radius 1 is 1.06 bits per heavy atom. The maximum absolute atomic E-state index is 5.89. The molecule has 0 heterocycles. The van der Waals surface area contributed by atoms with Gasteiger partial charge in [0.25, 0.3) is 0 Å². The zero-order valence-corrected chi connectivity index (χ0v) is 13.8. The van der Waals surface area contributed by atoms with Crippen molar-refractivity contribution in [2.45, 2.75) is 22.8 Å². The van der Waals surface area contributed by atoms with Gasteiger partial charge in [0.2, 0.25) is 0 Å². The second kappa shape index (κ2) is 6.24. The van der Waals surface area contributed by atoms with Crippen LogP contribution in [0.1, 0.15) is 18.5 Å². The Kier molecular flexibility index (Phi) is 4.90. The molecule has 4 heteroatoms. The molecule has 0 amide bonds. The van der Waals surface area contributed by atoms with Gasteiger partial charge in [-0.05, 0) is 42.8 Å². The summed E-state index contributed by atoms with van der Waals surface area (Å²) in [6.07, 6.45) is 0. The van der Waals surface area contributed by atoms with Crippen LogP contribution in [0, 0.1) is 0 Å². The van der Waals surface area contributed by atoms with Crippen LogP contribution in [0.5, 0.6) is 0 Å². The molecule has 0 aliphatic carbocycles. The zero-order chi connectivity index (χ0) is 13.1. The summed E-state index contributed by atoms with van der Waals surface area (Å²) in [5.41, 5.74) is 7.03. The van der Waals surface area contributed by atoms with E-state index in [4.69, 9.17) is 5.73 Å². The highest BCUT2D eigenvalue weighted by molar-refractivity contribution is 9.10. The Bertz CT molecular complexity index is 555. The van der Waals surface area contributed by atoms with Gasteiger partial charge in [0.15, 0.2) is 0 Å².